The van der Waals surface area contributed by atoms with Gasteiger partial charge in [-0.05, 0) is 12.5 Å². The summed E-state index contributed by atoms with van der Waals surface area (Å²) >= 11 is 0. The maximum absolute atomic E-state index is 13.1. The molecule has 0 spiro atoms. The van der Waals surface area contributed by atoms with Gasteiger partial charge in [0, 0.05) is 5.56 Å². The molecule has 2 heteroatoms. The van der Waals surface area contributed by atoms with Crippen molar-refractivity contribution in [2.75, 3.05) is 0 Å². The molecule has 76 valence electrons. The Hall–Kier alpha value is -1.18. The average Bonchev–Trinajstić information content (AvgIpc) is 2.19. The molecule has 0 aliphatic rings. The first-order valence-electron chi connectivity index (χ1n) is 4.86. The third kappa shape index (κ3) is 2.95. The first-order valence-corrected chi connectivity index (χ1v) is 4.86. The van der Waals surface area contributed by atoms with Gasteiger partial charge in [-0.3, -0.25) is 0 Å². The summed E-state index contributed by atoms with van der Waals surface area (Å²) in [5.41, 5.74) is 0.320. The van der Waals surface area contributed by atoms with Crippen LogP contribution in [0.2, 0.25) is 0 Å². The highest BCUT2D eigenvalue weighted by atomic mass is 19.2. The SMILES string of the molecule is CCCC/C=C/c1cccc(F)c1F. The van der Waals surface area contributed by atoms with Gasteiger partial charge in [-0.25, -0.2) is 8.78 Å². The Morgan fingerprint density at radius 2 is 2.07 bits per heavy atom. The van der Waals surface area contributed by atoms with Crippen LogP contribution in [0.25, 0.3) is 6.08 Å². The van der Waals surface area contributed by atoms with E-state index in [9.17, 15) is 8.78 Å². The molecule has 0 unspecified atom stereocenters. The zero-order chi connectivity index (χ0) is 10.4. The third-order valence-electron chi connectivity index (χ3n) is 2.00. The van der Waals surface area contributed by atoms with Crippen LogP contribution < -0.4 is 0 Å². The van der Waals surface area contributed by atoms with E-state index in [4.69, 9.17) is 0 Å². The van der Waals surface area contributed by atoms with Crippen LogP contribution in [-0.4, -0.2) is 0 Å². The topological polar surface area (TPSA) is 0 Å². The summed E-state index contributed by atoms with van der Waals surface area (Å²) in [5, 5.41) is 0. The van der Waals surface area contributed by atoms with E-state index >= 15 is 0 Å². The van der Waals surface area contributed by atoms with Crippen molar-refractivity contribution >= 4 is 6.08 Å². The maximum atomic E-state index is 13.1. The molecule has 0 bridgehead atoms. The normalized spacial score (nSPS) is 11.1. The first-order chi connectivity index (χ1) is 6.75. The number of rotatable bonds is 4. The second-order valence-electron chi connectivity index (χ2n) is 3.19. The number of hydrogen-bond donors (Lipinski definition) is 0. The molecule has 0 nitrogen and oxygen atoms in total. The molecule has 0 saturated heterocycles. The van der Waals surface area contributed by atoms with Gasteiger partial charge >= 0.3 is 0 Å². The van der Waals surface area contributed by atoms with Gasteiger partial charge in [0.15, 0.2) is 11.6 Å². The number of hydrogen-bond acceptors (Lipinski definition) is 0. The van der Waals surface area contributed by atoms with Crippen LogP contribution in [0.1, 0.15) is 31.7 Å². The van der Waals surface area contributed by atoms with Crippen molar-refractivity contribution in [1.82, 2.24) is 0 Å². The van der Waals surface area contributed by atoms with Gasteiger partial charge in [0.05, 0.1) is 0 Å². The van der Waals surface area contributed by atoms with Crippen LogP contribution in [0, 0.1) is 11.6 Å². The van der Waals surface area contributed by atoms with Crippen LogP contribution >= 0.6 is 0 Å². The molecule has 0 radical (unpaired) electrons. The fourth-order valence-corrected chi connectivity index (χ4v) is 1.18. The average molecular weight is 196 g/mol. The van der Waals surface area contributed by atoms with Gasteiger partial charge in [0.1, 0.15) is 0 Å². The minimum absolute atomic E-state index is 0.320. The fourth-order valence-electron chi connectivity index (χ4n) is 1.18. The summed E-state index contributed by atoms with van der Waals surface area (Å²) in [7, 11) is 0. The molecule has 1 rings (SSSR count). The summed E-state index contributed by atoms with van der Waals surface area (Å²) < 4.78 is 25.8. The van der Waals surface area contributed by atoms with Gasteiger partial charge in [-0.15, -0.1) is 0 Å². The smallest absolute Gasteiger partial charge is 0.166 e. The Morgan fingerprint density at radius 3 is 2.79 bits per heavy atom. The van der Waals surface area contributed by atoms with Crippen LogP contribution in [0.4, 0.5) is 8.78 Å². The molecule has 0 amide bonds. The molecule has 0 aromatic heterocycles. The van der Waals surface area contributed by atoms with Gasteiger partial charge in [0.2, 0.25) is 0 Å². The molecule has 0 fully saturated rings. The molecule has 0 aliphatic heterocycles. The van der Waals surface area contributed by atoms with E-state index in [0.717, 1.165) is 25.3 Å². The highest BCUT2D eigenvalue weighted by Gasteiger charge is 2.03. The Balaban J connectivity index is 2.67. The van der Waals surface area contributed by atoms with E-state index in [2.05, 4.69) is 6.92 Å². The Bertz CT molecular complexity index is 316. The van der Waals surface area contributed by atoms with Crippen LogP contribution in [0.5, 0.6) is 0 Å². The van der Waals surface area contributed by atoms with Crippen molar-refractivity contribution < 1.29 is 8.78 Å². The summed E-state index contributed by atoms with van der Waals surface area (Å²) in [6.07, 6.45) is 6.60. The predicted octanol–water partition coefficient (Wildman–Crippen LogP) is 4.17. The van der Waals surface area contributed by atoms with Gasteiger partial charge in [0.25, 0.3) is 0 Å². The third-order valence-corrected chi connectivity index (χ3v) is 2.00. The second-order valence-corrected chi connectivity index (χ2v) is 3.19. The predicted molar refractivity (Wildman–Crippen MR) is 54.9 cm³/mol. The molecule has 1 aromatic carbocycles. The van der Waals surface area contributed by atoms with Crippen LogP contribution in [0.3, 0.4) is 0 Å². The highest BCUT2D eigenvalue weighted by molar-refractivity contribution is 5.49. The number of benzene rings is 1. The Labute approximate surface area is 83.3 Å². The van der Waals surface area contributed by atoms with Gasteiger partial charge in [-0.2, -0.15) is 0 Å². The van der Waals surface area contributed by atoms with E-state index in [1.165, 1.54) is 6.07 Å². The van der Waals surface area contributed by atoms with E-state index in [-0.39, 0.29) is 0 Å². The molecular formula is C12H14F2. The number of unbranched alkanes of at least 4 members (excludes halogenated alkanes) is 2. The Morgan fingerprint density at radius 1 is 1.29 bits per heavy atom. The molecule has 0 atom stereocenters. The molecule has 0 saturated carbocycles. The number of halogens is 2. The van der Waals surface area contributed by atoms with Gasteiger partial charge < -0.3 is 0 Å². The van der Waals surface area contributed by atoms with Crippen molar-refractivity contribution in [2.24, 2.45) is 0 Å². The molecule has 1 aromatic rings. The number of allylic oxidation sites excluding steroid dienone is 1. The monoisotopic (exact) mass is 196 g/mol. The summed E-state index contributed by atoms with van der Waals surface area (Å²) in [6, 6.07) is 4.21. The molecule has 0 N–H and O–H groups in total. The summed E-state index contributed by atoms with van der Waals surface area (Å²) in [5.74, 6) is -1.55. The highest BCUT2D eigenvalue weighted by Crippen LogP contribution is 2.13. The lowest BCUT2D eigenvalue weighted by atomic mass is 10.1. The lowest BCUT2D eigenvalue weighted by molar-refractivity contribution is 0.507. The molecular weight excluding hydrogens is 182 g/mol. The van der Waals surface area contributed by atoms with E-state index in [0.29, 0.717) is 5.56 Å². The lowest BCUT2D eigenvalue weighted by Crippen LogP contribution is -1.86. The molecule has 0 heterocycles. The largest absolute Gasteiger partial charge is 0.204 e. The van der Waals surface area contributed by atoms with E-state index in [1.54, 1.807) is 12.1 Å². The first kappa shape index (κ1) is 10.9. The maximum Gasteiger partial charge on any atom is 0.166 e. The zero-order valence-electron chi connectivity index (χ0n) is 8.26. The quantitative estimate of drug-likeness (QED) is 0.634. The van der Waals surface area contributed by atoms with Crippen molar-refractivity contribution in [3.05, 3.63) is 41.5 Å². The van der Waals surface area contributed by atoms with Crippen molar-refractivity contribution in [1.29, 1.82) is 0 Å². The van der Waals surface area contributed by atoms with Gasteiger partial charge in [-0.1, -0.05) is 44.1 Å². The van der Waals surface area contributed by atoms with E-state index < -0.39 is 11.6 Å². The zero-order valence-corrected chi connectivity index (χ0v) is 8.26. The molecule has 14 heavy (non-hydrogen) atoms. The van der Waals surface area contributed by atoms with Crippen molar-refractivity contribution in [2.45, 2.75) is 26.2 Å². The van der Waals surface area contributed by atoms with Crippen LogP contribution in [0.15, 0.2) is 24.3 Å². The van der Waals surface area contributed by atoms with Crippen molar-refractivity contribution in [3.8, 4) is 0 Å². The minimum atomic E-state index is -0.789. The molecule has 0 aliphatic carbocycles. The van der Waals surface area contributed by atoms with Crippen LogP contribution in [-0.2, 0) is 0 Å². The van der Waals surface area contributed by atoms with E-state index in [1.807, 2.05) is 6.08 Å². The lowest BCUT2D eigenvalue weighted by Gasteiger charge is -1.97. The summed E-state index contributed by atoms with van der Waals surface area (Å²) in [4.78, 5) is 0. The standard InChI is InChI=1S/C12H14F2/c1-2-3-4-5-7-10-8-6-9-11(13)12(10)14/h5-9H,2-4H2,1H3/b7-5+. The fraction of sp³-hybridized carbons (Fsp3) is 0.333. The summed E-state index contributed by atoms with van der Waals surface area (Å²) in [6.45, 7) is 2.09. The van der Waals surface area contributed by atoms with Crippen molar-refractivity contribution in [3.63, 3.8) is 0 Å². The Kier molecular flexibility index (Phi) is 4.30. The minimum Gasteiger partial charge on any atom is -0.204 e. The second kappa shape index (κ2) is 5.53.